The highest BCUT2D eigenvalue weighted by atomic mass is 19.1. The van der Waals surface area contributed by atoms with Crippen LogP contribution in [0.3, 0.4) is 0 Å². The van der Waals surface area contributed by atoms with Crippen LogP contribution >= 0.6 is 0 Å². The highest BCUT2D eigenvalue weighted by Gasteiger charge is 2.28. The second-order valence-corrected chi connectivity index (χ2v) is 6.26. The van der Waals surface area contributed by atoms with Gasteiger partial charge < -0.3 is 0 Å². The molecule has 1 nitrogen and oxygen atoms in total. The van der Waals surface area contributed by atoms with E-state index in [9.17, 15) is 9.18 Å². The summed E-state index contributed by atoms with van der Waals surface area (Å²) >= 11 is 0. The minimum absolute atomic E-state index is 0.175. The van der Waals surface area contributed by atoms with Crippen LogP contribution in [-0.2, 0) is 4.79 Å². The van der Waals surface area contributed by atoms with E-state index in [4.69, 9.17) is 0 Å². The quantitative estimate of drug-likeness (QED) is 0.505. The van der Waals surface area contributed by atoms with E-state index in [1.165, 1.54) is 25.7 Å². The van der Waals surface area contributed by atoms with Crippen molar-refractivity contribution in [1.29, 1.82) is 0 Å². The fourth-order valence-corrected chi connectivity index (χ4v) is 3.66. The number of hydrogen-bond acceptors (Lipinski definition) is 1. The number of hydrogen-bond donors (Lipinski definition) is 0. The van der Waals surface area contributed by atoms with Crippen molar-refractivity contribution < 1.29 is 9.18 Å². The molecule has 0 unspecified atom stereocenters. The highest BCUT2D eigenvalue weighted by Crippen LogP contribution is 2.39. The first-order valence-corrected chi connectivity index (χ1v) is 8.05. The van der Waals surface area contributed by atoms with Gasteiger partial charge in [-0.15, -0.1) is 0 Å². The fraction of sp³-hybridized carbons (Fsp3) is 0.824. The molecule has 2 fully saturated rings. The minimum atomic E-state index is -0.175. The summed E-state index contributed by atoms with van der Waals surface area (Å²) in [6.07, 6.45) is 14.2. The fourth-order valence-electron chi connectivity index (χ4n) is 3.66. The van der Waals surface area contributed by atoms with E-state index in [-0.39, 0.29) is 6.67 Å². The normalized spacial score (nSPS) is 25.6. The SMILES string of the molecule is O=C1CCC(C2CCC(=CCCCCF)CC2)CC1. The largest absolute Gasteiger partial charge is 0.300 e. The number of rotatable bonds is 5. The van der Waals surface area contributed by atoms with Crippen molar-refractivity contribution >= 4 is 5.78 Å². The van der Waals surface area contributed by atoms with Crippen LogP contribution < -0.4 is 0 Å². The van der Waals surface area contributed by atoms with Crippen LogP contribution in [0.2, 0.25) is 0 Å². The number of allylic oxidation sites excluding steroid dienone is 2. The summed E-state index contributed by atoms with van der Waals surface area (Å²) < 4.78 is 12.0. The average Bonchev–Trinajstić information content (AvgIpc) is 2.45. The number of ketones is 1. The van der Waals surface area contributed by atoms with Gasteiger partial charge in [-0.05, 0) is 69.6 Å². The second kappa shape index (κ2) is 7.81. The van der Waals surface area contributed by atoms with E-state index < -0.39 is 0 Å². The van der Waals surface area contributed by atoms with Crippen LogP contribution in [0.15, 0.2) is 11.6 Å². The third-order valence-electron chi connectivity index (χ3n) is 4.95. The van der Waals surface area contributed by atoms with Crippen molar-refractivity contribution in [3.8, 4) is 0 Å². The molecule has 2 rings (SSSR count). The zero-order valence-corrected chi connectivity index (χ0v) is 12.0. The van der Waals surface area contributed by atoms with E-state index in [2.05, 4.69) is 6.08 Å². The number of alkyl halides is 1. The van der Waals surface area contributed by atoms with Gasteiger partial charge in [-0.2, -0.15) is 0 Å². The molecule has 2 aliphatic carbocycles. The van der Waals surface area contributed by atoms with Crippen molar-refractivity contribution in [2.24, 2.45) is 11.8 Å². The van der Waals surface area contributed by atoms with Gasteiger partial charge in [-0.25, -0.2) is 0 Å². The molecule has 0 saturated heterocycles. The number of unbranched alkanes of at least 4 members (excludes halogenated alkanes) is 2. The predicted octanol–water partition coefficient (Wildman–Crippen LogP) is 5.00. The summed E-state index contributed by atoms with van der Waals surface area (Å²) in [6, 6.07) is 0. The maximum atomic E-state index is 12.0. The molecule has 0 aromatic rings. The van der Waals surface area contributed by atoms with E-state index >= 15 is 0 Å². The molecule has 0 spiro atoms. The van der Waals surface area contributed by atoms with Gasteiger partial charge >= 0.3 is 0 Å². The van der Waals surface area contributed by atoms with Crippen molar-refractivity contribution in [2.45, 2.75) is 70.6 Å². The van der Waals surface area contributed by atoms with Crippen molar-refractivity contribution in [2.75, 3.05) is 6.67 Å². The zero-order valence-electron chi connectivity index (χ0n) is 12.0. The monoisotopic (exact) mass is 266 g/mol. The van der Waals surface area contributed by atoms with Gasteiger partial charge in [-0.3, -0.25) is 9.18 Å². The Balaban J connectivity index is 1.68. The van der Waals surface area contributed by atoms with Crippen molar-refractivity contribution in [3.05, 3.63) is 11.6 Å². The van der Waals surface area contributed by atoms with Gasteiger partial charge in [0.05, 0.1) is 6.67 Å². The van der Waals surface area contributed by atoms with Crippen molar-refractivity contribution in [3.63, 3.8) is 0 Å². The Labute approximate surface area is 116 Å². The van der Waals surface area contributed by atoms with Gasteiger partial charge in [0.25, 0.3) is 0 Å². The number of Topliss-reactive ketones (excluding diaryl/α,β-unsaturated/α-hetero) is 1. The minimum Gasteiger partial charge on any atom is -0.300 e. The first-order chi connectivity index (χ1) is 9.29. The van der Waals surface area contributed by atoms with Gasteiger partial charge in [0.15, 0.2) is 0 Å². The van der Waals surface area contributed by atoms with Gasteiger partial charge in [0, 0.05) is 12.8 Å². The van der Waals surface area contributed by atoms with Gasteiger partial charge in [-0.1, -0.05) is 11.6 Å². The van der Waals surface area contributed by atoms with E-state index in [0.717, 1.165) is 50.4 Å². The first-order valence-electron chi connectivity index (χ1n) is 8.05. The lowest BCUT2D eigenvalue weighted by Crippen LogP contribution is -2.24. The number of halogens is 1. The van der Waals surface area contributed by atoms with Gasteiger partial charge in [0.1, 0.15) is 5.78 Å². The Bertz CT molecular complexity index is 301. The maximum absolute atomic E-state index is 12.0. The molecule has 108 valence electrons. The molecule has 2 heteroatoms. The lowest BCUT2D eigenvalue weighted by molar-refractivity contribution is -0.121. The Hall–Kier alpha value is -0.660. The Morgan fingerprint density at radius 3 is 2.11 bits per heavy atom. The lowest BCUT2D eigenvalue weighted by Gasteiger charge is -2.33. The molecule has 0 radical (unpaired) electrons. The Morgan fingerprint density at radius 1 is 0.947 bits per heavy atom. The molecule has 0 amide bonds. The smallest absolute Gasteiger partial charge is 0.132 e. The molecule has 0 bridgehead atoms. The predicted molar refractivity (Wildman–Crippen MR) is 76.8 cm³/mol. The second-order valence-electron chi connectivity index (χ2n) is 6.26. The summed E-state index contributed by atoms with van der Waals surface area (Å²) in [6.45, 7) is -0.175. The van der Waals surface area contributed by atoms with E-state index in [0.29, 0.717) is 12.2 Å². The van der Waals surface area contributed by atoms with Gasteiger partial charge in [0.2, 0.25) is 0 Å². The molecular formula is C17H27FO. The third kappa shape index (κ3) is 4.74. The molecule has 0 atom stereocenters. The highest BCUT2D eigenvalue weighted by molar-refractivity contribution is 5.79. The Kier molecular flexibility index (Phi) is 6.06. The molecule has 0 aromatic heterocycles. The van der Waals surface area contributed by atoms with Crippen LogP contribution in [0.1, 0.15) is 70.6 Å². The molecule has 2 aliphatic rings. The van der Waals surface area contributed by atoms with E-state index in [1.54, 1.807) is 5.57 Å². The standard InChI is InChI=1S/C17H27FO/c18-13-3-1-2-4-14-5-7-15(8-6-14)16-9-11-17(19)12-10-16/h4,15-16H,1-3,5-13H2. The number of carbonyl (C=O) groups excluding carboxylic acids is 1. The van der Waals surface area contributed by atoms with Crippen LogP contribution in [-0.4, -0.2) is 12.5 Å². The third-order valence-corrected chi connectivity index (χ3v) is 4.95. The summed E-state index contributed by atoms with van der Waals surface area (Å²) in [7, 11) is 0. The van der Waals surface area contributed by atoms with Crippen LogP contribution in [0.5, 0.6) is 0 Å². The average molecular weight is 266 g/mol. The van der Waals surface area contributed by atoms with Crippen LogP contribution in [0.25, 0.3) is 0 Å². The summed E-state index contributed by atoms with van der Waals surface area (Å²) in [4.78, 5) is 11.3. The lowest BCUT2D eigenvalue weighted by atomic mass is 9.72. The summed E-state index contributed by atoms with van der Waals surface area (Å²) in [5.41, 5.74) is 1.60. The molecule has 0 aliphatic heterocycles. The summed E-state index contributed by atoms with van der Waals surface area (Å²) in [5.74, 6) is 2.14. The summed E-state index contributed by atoms with van der Waals surface area (Å²) in [5, 5.41) is 0. The topological polar surface area (TPSA) is 17.1 Å². The molecule has 19 heavy (non-hydrogen) atoms. The maximum Gasteiger partial charge on any atom is 0.132 e. The molecule has 2 saturated carbocycles. The molecule has 0 N–H and O–H groups in total. The van der Waals surface area contributed by atoms with Crippen molar-refractivity contribution in [1.82, 2.24) is 0 Å². The van der Waals surface area contributed by atoms with E-state index in [1.807, 2.05) is 0 Å². The van der Waals surface area contributed by atoms with Crippen LogP contribution in [0.4, 0.5) is 4.39 Å². The molecular weight excluding hydrogens is 239 g/mol. The number of carbonyl (C=O) groups is 1. The molecule has 0 heterocycles. The first kappa shape index (κ1) is 14.7. The Morgan fingerprint density at radius 2 is 1.53 bits per heavy atom. The zero-order chi connectivity index (χ0) is 13.5. The van der Waals surface area contributed by atoms with Crippen LogP contribution in [0, 0.1) is 11.8 Å². The molecule has 0 aromatic carbocycles.